The highest BCUT2D eigenvalue weighted by Crippen LogP contribution is 2.34. The molecule has 4 heteroatoms. The van der Waals surface area contributed by atoms with Crippen molar-refractivity contribution in [2.75, 3.05) is 0 Å². The van der Waals surface area contributed by atoms with E-state index in [0.717, 1.165) is 16.7 Å². The van der Waals surface area contributed by atoms with E-state index in [0.29, 0.717) is 10.9 Å². The van der Waals surface area contributed by atoms with Crippen LogP contribution in [0.4, 0.5) is 0 Å². The number of rotatable bonds is 0. The van der Waals surface area contributed by atoms with Crippen LogP contribution in [0.25, 0.3) is 16.5 Å². The fraction of sp³-hybridized carbons (Fsp3) is 0.333. The van der Waals surface area contributed by atoms with Crippen molar-refractivity contribution in [3.63, 3.8) is 0 Å². The van der Waals surface area contributed by atoms with Gasteiger partial charge in [-0.2, -0.15) is 0 Å². The molecule has 19 heavy (non-hydrogen) atoms. The van der Waals surface area contributed by atoms with Gasteiger partial charge in [-0.15, -0.1) is 0 Å². The highest BCUT2D eigenvalue weighted by molar-refractivity contribution is 5.92. The van der Waals surface area contributed by atoms with Gasteiger partial charge in [0.25, 0.3) is 0 Å². The van der Waals surface area contributed by atoms with E-state index in [9.17, 15) is 9.59 Å². The minimum absolute atomic E-state index is 0.468. The minimum atomic E-state index is -0.601. The van der Waals surface area contributed by atoms with Gasteiger partial charge >= 0.3 is 11.4 Å². The van der Waals surface area contributed by atoms with Gasteiger partial charge in [0.15, 0.2) is 0 Å². The first-order valence-corrected chi connectivity index (χ1v) is 6.22. The van der Waals surface area contributed by atoms with Crippen LogP contribution in [0.15, 0.2) is 32.2 Å². The SMILES string of the molecule is CC1=CC(C)(C)n2c(=O)oc(=O)c3cc(C)cc1c32. The Morgan fingerprint density at radius 3 is 2.53 bits per heavy atom. The summed E-state index contributed by atoms with van der Waals surface area (Å²) in [6.45, 7) is 7.79. The Kier molecular flexibility index (Phi) is 2.18. The van der Waals surface area contributed by atoms with E-state index in [1.54, 1.807) is 10.6 Å². The summed E-state index contributed by atoms with van der Waals surface area (Å²) in [5, 5.41) is 0.468. The number of aryl methyl sites for hydroxylation is 1. The van der Waals surface area contributed by atoms with Crippen molar-refractivity contribution in [2.24, 2.45) is 0 Å². The normalized spacial score (nSPS) is 16.5. The summed E-state index contributed by atoms with van der Waals surface area (Å²) < 4.78 is 6.41. The Labute approximate surface area is 110 Å². The summed E-state index contributed by atoms with van der Waals surface area (Å²) >= 11 is 0. The van der Waals surface area contributed by atoms with Crippen molar-refractivity contribution in [1.29, 1.82) is 0 Å². The van der Waals surface area contributed by atoms with Gasteiger partial charge in [-0.1, -0.05) is 6.08 Å². The average Bonchev–Trinajstić information content (AvgIpc) is 2.27. The first-order chi connectivity index (χ1) is 8.81. The molecule has 0 saturated heterocycles. The molecule has 1 aliphatic rings. The second kappa shape index (κ2) is 3.47. The predicted molar refractivity (Wildman–Crippen MR) is 74.5 cm³/mol. The first kappa shape index (κ1) is 12.0. The quantitative estimate of drug-likeness (QED) is 0.728. The second-order valence-corrected chi connectivity index (χ2v) is 5.68. The molecular weight excluding hydrogens is 242 g/mol. The summed E-state index contributed by atoms with van der Waals surface area (Å²) in [5.74, 6) is -0.601. The van der Waals surface area contributed by atoms with Gasteiger partial charge in [0.1, 0.15) is 0 Å². The Morgan fingerprint density at radius 2 is 1.84 bits per heavy atom. The van der Waals surface area contributed by atoms with Gasteiger partial charge in [-0.3, -0.25) is 4.57 Å². The lowest BCUT2D eigenvalue weighted by Crippen LogP contribution is -2.39. The third-order valence-electron chi connectivity index (χ3n) is 3.63. The molecule has 1 aliphatic heterocycles. The van der Waals surface area contributed by atoms with Gasteiger partial charge in [0, 0.05) is 5.56 Å². The maximum absolute atomic E-state index is 12.0. The molecule has 2 heterocycles. The van der Waals surface area contributed by atoms with Crippen LogP contribution in [0.3, 0.4) is 0 Å². The highest BCUT2D eigenvalue weighted by atomic mass is 16.4. The van der Waals surface area contributed by atoms with E-state index >= 15 is 0 Å². The number of hydrogen-bond acceptors (Lipinski definition) is 3. The third kappa shape index (κ3) is 1.52. The number of nitrogens with zero attached hydrogens (tertiary/aromatic N) is 1. The molecule has 0 saturated carbocycles. The molecule has 3 rings (SSSR count). The van der Waals surface area contributed by atoms with Crippen molar-refractivity contribution in [2.45, 2.75) is 33.2 Å². The Morgan fingerprint density at radius 1 is 1.16 bits per heavy atom. The van der Waals surface area contributed by atoms with Crippen molar-refractivity contribution in [3.8, 4) is 0 Å². The summed E-state index contributed by atoms with van der Waals surface area (Å²) in [5.41, 5.74) is 2.60. The summed E-state index contributed by atoms with van der Waals surface area (Å²) in [6.07, 6.45) is 2.02. The zero-order valence-corrected chi connectivity index (χ0v) is 11.4. The monoisotopic (exact) mass is 257 g/mol. The highest BCUT2D eigenvalue weighted by Gasteiger charge is 2.29. The molecule has 1 aromatic heterocycles. The van der Waals surface area contributed by atoms with Gasteiger partial charge in [-0.05, 0) is 51.0 Å². The Bertz CT molecular complexity index is 850. The summed E-state index contributed by atoms with van der Waals surface area (Å²) in [6, 6.07) is 3.77. The van der Waals surface area contributed by atoms with Crippen molar-refractivity contribution in [1.82, 2.24) is 4.57 Å². The molecule has 0 bridgehead atoms. The number of aromatic nitrogens is 1. The number of allylic oxidation sites excluding steroid dienone is 2. The fourth-order valence-electron chi connectivity index (χ4n) is 2.94. The molecule has 0 atom stereocenters. The molecule has 0 spiro atoms. The molecule has 1 aromatic carbocycles. The Balaban J connectivity index is 2.70. The maximum Gasteiger partial charge on any atom is 0.423 e. The van der Waals surface area contributed by atoms with E-state index < -0.39 is 16.9 Å². The van der Waals surface area contributed by atoms with Gasteiger partial charge in [0.2, 0.25) is 0 Å². The van der Waals surface area contributed by atoms with Crippen LogP contribution in [-0.2, 0) is 5.54 Å². The van der Waals surface area contributed by atoms with Crippen LogP contribution in [0.2, 0.25) is 0 Å². The molecule has 0 amide bonds. The van der Waals surface area contributed by atoms with E-state index in [-0.39, 0.29) is 0 Å². The molecule has 0 unspecified atom stereocenters. The van der Waals surface area contributed by atoms with Crippen LogP contribution in [0, 0.1) is 6.92 Å². The fourth-order valence-corrected chi connectivity index (χ4v) is 2.94. The van der Waals surface area contributed by atoms with Crippen molar-refractivity contribution < 1.29 is 4.42 Å². The molecule has 0 N–H and O–H groups in total. The standard InChI is InChI=1S/C15H15NO3/c1-8-5-10-9(2)7-15(3,4)16-12(10)11(6-8)13(17)19-14(16)18/h5-7H,1-4H3. The van der Waals surface area contributed by atoms with E-state index in [1.807, 2.05) is 39.8 Å². The van der Waals surface area contributed by atoms with Crippen LogP contribution in [-0.4, -0.2) is 4.57 Å². The van der Waals surface area contributed by atoms with Crippen LogP contribution in [0.5, 0.6) is 0 Å². The molecule has 2 aromatic rings. The van der Waals surface area contributed by atoms with Gasteiger partial charge in [0.05, 0.1) is 16.4 Å². The van der Waals surface area contributed by atoms with E-state index in [4.69, 9.17) is 4.42 Å². The van der Waals surface area contributed by atoms with Gasteiger partial charge < -0.3 is 4.42 Å². The molecule has 0 fully saturated rings. The largest absolute Gasteiger partial charge is 0.423 e. The molecular formula is C15H15NO3. The van der Waals surface area contributed by atoms with E-state index in [2.05, 4.69) is 0 Å². The third-order valence-corrected chi connectivity index (χ3v) is 3.63. The number of hydrogen-bond donors (Lipinski definition) is 0. The lowest BCUT2D eigenvalue weighted by atomic mass is 9.90. The minimum Gasteiger partial charge on any atom is -0.372 e. The molecule has 0 radical (unpaired) electrons. The lowest BCUT2D eigenvalue weighted by Gasteiger charge is -2.31. The first-order valence-electron chi connectivity index (χ1n) is 6.22. The van der Waals surface area contributed by atoms with Gasteiger partial charge in [-0.25, -0.2) is 9.59 Å². The lowest BCUT2D eigenvalue weighted by molar-refractivity contribution is 0.350. The zero-order chi connectivity index (χ0) is 13.9. The summed E-state index contributed by atoms with van der Waals surface area (Å²) in [4.78, 5) is 24.0. The van der Waals surface area contributed by atoms with Crippen molar-refractivity contribution >= 4 is 16.5 Å². The van der Waals surface area contributed by atoms with Crippen LogP contribution >= 0.6 is 0 Å². The van der Waals surface area contributed by atoms with Crippen LogP contribution < -0.4 is 11.4 Å². The van der Waals surface area contributed by atoms with Crippen molar-refractivity contribution in [3.05, 3.63) is 50.3 Å². The smallest absolute Gasteiger partial charge is 0.372 e. The zero-order valence-electron chi connectivity index (χ0n) is 11.4. The average molecular weight is 257 g/mol. The molecule has 0 aliphatic carbocycles. The van der Waals surface area contributed by atoms with E-state index in [1.165, 1.54) is 0 Å². The topological polar surface area (TPSA) is 52.2 Å². The number of benzene rings is 1. The molecule has 98 valence electrons. The Hall–Kier alpha value is -2.10. The maximum atomic E-state index is 12.0. The predicted octanol–water partition coefficient (Wildman–Crippen LogP) is 2.42. The molecule has 4 nitrogen and oxygen atoms in total. The second-order valence-electron chi connectivity index (χ2n) is 5.68. The summed E-state index contributed by atoms with van der Waals surface area (Å²) in [7, 11) is 0. The van der Waals surface area contributed by atoms with Crippen LogP contribution in [0.1, 0.15) is 31.9 Å².